The third kappa shape index (κ3) is 3.38. The van der Waals surface area contributed by atoms with E-state index in [4.69, 9.17) is 5.26 Å². The number of nitrogens with zero attached hydrogens (tertiary/aromatic N) is 2. The van der Waals surface area contributed by atoms with E-state index in [0.717, 1.165) is 24.9 Å². The van der Waals surface area contributed by atoms with Crippen molar-refractivity contribution in [3.63, 3.8) is 0 Å². The van der Waals surface area contributed by atoms with Gasteiger partial charge in [-0.3, -0.25) is 4.79 Å². The number of nitriles is 1. The summed E-state index contributed by atoms with van der Waals surface area (Å²) in [6.07, 6.45) is 6.59. The number of carbonyl (C=O) groups excluding carboxylic acids is 1. The van der Waals surface area contributed by atoms with Crippen LogP contribution in [0.1, 0.15) is 32.1 Å². The molecule has 4 heteroatoms. The topological polar surface area (TPSA) is 44.1 Å². The number of thioether (sulfide) groups is 1. The van der Waals surface area contributed by atoms with Crippen LogP contribution in [-0.2, 0) is 4.79 Å². The number of amides is 1. The molecule has 2 aliphatic rings. The fourth-order valence-electron chi connectivity index (χ4n) is 3.10. The number of rotatable bonds is 3. The third-order valence-corrected chi connectivity index (χ3v) is 4.82. The Morgan fingerprint density at radius 3 is 2.82 bits per heavy atom. The molecule has 0 aromatic heterocycles. The van der Waals surface area contributed by atoms with Gasteiger partial charge in [0, 0.05) is 13.1 Å². The number of fused-ring (bicyclic) bond motifs is 1. The minimum absolute atomic E-state index is 0.231. The Balaban J connectivity index is 1.79. The number of hydrogen-bond donors (Lipinski definition) is 0. The molecule has 2 rings (SSSR count). The van der Waals surface area contributed by atoms with Crippen LogP contribution in [0, 0.1) is 23.2 Å². The molecular formula is C13H20N2OS. The second-order valence-corrected chi connectivity index (χ2v) is 6.07. The summed E-state index contributed by atoms with van der Waals surface area (Å²) >= 11 is 1.43. The van der Waals surface area contributed by atoms with Crippen LogP contribution < -0.4 is 0 Å². The third-order valence-electron chi connectivity index (χ3n) is 4.04. The highest BCUT2D eigenvalue weighted by Gasteiger charge is 2.32. The Bertz CT molecular complexity index is 313. The Hall–Kier alpha value is -0.690. The molecule has 1 heterocycles. The molecule has 94 valence electrons. The van der Waals surface area contributed by atoms with E-state index < -0.39 is 0 Å². The zero-order valence-electron chi connectivity index (χ0n) is 10.2. The van der Waals surface area contributed by atoms with E-state index in [1.165, 1.54) is 43.9 Å². The fraction of sp³-hybridized carbons (Fsp3) is 0.846. The molecular weight excluding hydrogens is 232 g/mol. The van der Waals surface area contributed by atoms with Crippen molar-refractivity contribution in [2.75, 3.05) is 24.6 Å². The predicted molar refractivity (Wildman–Crippen MR) is 69.6 cm³/mol. The van der Waals surface area contributed by atoms with Gasteiger partial charge in [-0.15, -0.1) is 11.8 Å². The van der Waals surface area contributed by atoms with Gasteiger partial charge in [0.25, 0.3) is 0 Å². The fourth-order valence-corrected chi connectivity index (χ4v) is 3.65. The summed E-state index contributed by atoms with van der Waals surface area (Å²) in [6.45, 7) is 1.91. The largest absolute Gasteiger partial charge is 0.342 e. The van der Waals surface area contributed by atoms with Gasteiger partial charge in [-0.05, 0) is 24.7 Å². The van der Waals surface area contributed by atoms with E-state index in [1.54, 1.807) is 0 Å². The van der Waals surface area contributed by atoms with E-state index in [9.17, 15) is 4.79 Å². The van der Waals surface area contributed by atoms with Gasteiger partial charge in [0.1, 0.15) is 0 Å². The van der Waals surface area contributed by atoms with E-state index in [2.05, 4.69) is 6.07 Å². The molecule has 17 heavy (non-hydrogen) atoms. The molecule has 0 unspecified atom stereocenters. The van der Waals surface area contributed by atoms with Crippen LogP contribution in [0.5, 0.6) is 0 Å². The smallest absolute Gasteiger partial charge is 0.232 e. The monoisotopic (exact) mass is 252 g/mol. The van der Waals surface area contributed by atoms with E-state index >= 15 is 0 Å². The number of likely N-dealkylation sites (tertiary alicyclic amines) is 1. The van der Waals surface area contributed by atoms with Crippen LogP contribution >= 0.6 is 11.8 Å². The average molecular weight is 252 g/mol. The maximum Gasteiger partial charge on any atom is 0.232 e. The second-order valence-electron chi connectivity index (χ2n) is 5.08. The molecule has 0 spiro atoms. The lowest BCUT2D eigenvalue weighted by Crippen LogP contribution is -2.45. The lowest BCUT2D eigenvalue weighted by Gasteiger charge is -2.41. The first-order valence-electron chi connectivity index (χ1n) is 6.53. The van der Waals surface area contributed by atoms with Gasteiger partial charge in [0.2, 0.25) is 5.91 Å². The van der Waals surface area contributed by atoms with E-state index in [-0.39, 0.29) is 5.91 Å². The van der Waals surface area contributed by atoms with Crippen LogP contribution in [0.25, 0.3) is 0 Å². The highest BCUT2D eigenvalue weighted by atomic mass is 32.2. The SMILES string of the molecule is N#CCSCC(=O)N1CC[C@@H]2CCCC[C@H]2C1. The first-order chi connectivity index (χ1) is 8.31. The Morgan fingerprint density at radius 2 is 2.06 bits per heavy atom. The zero-order valence-corrected chi connectivity index (χ0v) is 11.0. The minimum Gasteiger partial charge on any atom is -0.342 e. The van der Waals surface area contributed by atoms with Gasteiger partial charge < -0.3 is 4.90 Å². The van der Waals surface area contributed by atoms with Crippen molar-refractivity contribution in [1.82, 2.24) is 4.90 Å². The summed E-state index contributed by atoms with van der Waals surface area (Å²) in [5.41, 5.74) is 0. The maximum atomic E-state index is 11.9. The van der Waals surface area contributed by atoms with Crippen LogP contribution in [0.2, 0.25) is 0 Å². The quantitative estimate of drug-likeness (QED) is 0.724. The van der Waals surface area contributed by atoms with Crippen LogP contribution in [0.3, 0.4) is 0 Å². The van der Waals surface area contributed by atoms with Crippen molar-refractivity contribution < 1.29 is 4.79 Å². The van der Waals surface area contributed by atoms with Gasteiger partial charge in [-0.1, -0.05) is 19.3 Å². The molecule has 1 aliphatic heterocycles. The second kappa shape index (κ2) is 6.30. The van der Waals surface area contributed by atoms with Crippen LogP contribution in [0.15, 0.2) is 0 Å². The molecule has 0 radical (unpaired) electrons. The highest BCUT2D eigenvalue weighted by Crippen LogP contribution is 2.36. The summed E-state index contributed by atoms with van der Waals surface area (Å²) in [7, 11) is 0. The standard InChI is InChI=1S/C13H20N2OS/c14-6-8-17-10-13(16)15-7-5-11-3-1-2-4-12(11)9-15/h11-12H,1-5,7-10H2/t11-,12-/m0/s1. The first kappa shape index (κ1) is 12.8. The summed E-state index contributed by atoms with van der Waals surface area (Å²) < 4.78 is 0. The zero-order chi connectivity index (χ0) is 12.1. The van der Waals surface area contributed by atoms with Crippen molar-refractivity contribution in [3.8, 4) is 6.07 Å². The summed E-state index contributed by atoms with van der Waals surface area (Å²) in [6, 6.07) is 2.06. The van der Waals surface area contributed by atoms with E-state index in [0.29, 0.717) is 11.5 Å². The van der Waals surface area contributed by atoms with Crippen molar-refractivity contribution in [1.29, 1.82) is 5.26 Å². The minimum atomic E-state index is 0.231. The number of piperidine rings is 1. The van der Waals surface area contributed by atoms with Crippen molar-refractivity contribution in [2.45, 2.75) is 32.1 Å². The molecule has 2 atom stereocenters. The molecule has 0 bridgehead atoms. The molecule has 1 aliphatic carbocycles. The average Bonchev–Trinajstić information content (AvgIpc) is 2.38. The molecule has 0 N–H and O–H groups in total. The van der Waals surface area contributed by atoms with E-state index in [1.807, 2.05) is 4.90 Å². The molecule has 0 aromatic rings. The Kier molecular flexibility index (Phi) is 4.73. The van der Waals surface area contributed by atoms with Gasteiger partial charge in [-0.2, -0.15) is 5.26 Å². The molecule has 1 amide bonds. The Labute approximate surface area is 108 Å². The molecule has 2 fully saturated rings. The number of hydrogen-bond acceptors (Lipinski definition) is 3. The van der Waals surface area contributed by atoms with Crippen molar-refractivity contribution in [3.05, 3.63) is 0 Å². The van der Waals surface area contributed by atoms with Crippen LogP contribution in [-0.4, -0.2) is 35.4 Å². The molecule has 3 nitrogen and oxygen atoms in total. The molecule has 1 saturated heterocycles. The Morgan fingerprint density at radius 1 is 1.29 bits per heavy atom. The van der Waals surface area contributed by atoms with Gasteiger partial charge in [-0.25, -0.2) is 0 Å². The van der Waals surface area contributed by atoms with Gasteiger partial charge in [0.05, 0.1) is 17.6 Å². The number of carbonyl (C=O) groups is 1. The molecule has 1 saturated carbocycles. The lowest BCUT2D eigenvalue weighted by molar-refractivity contribution is -0.131. The normalized spacial score (nSPS) is 28.3. The first-order valence-corrected chi connectivity index (χ1v) is 7.69. The summed E-state index contributed by atoms with van der Waals surface area (Å²) in [4.78, 5) is 14.0. The predicted octanol–water partition coefficient (Wildman–Crippen LogP) is 2.28. The van der Waals surface area contributed by atoms with Crippen LogP contribution in [0.4, 0.5) is 0 Å². The molecule has 0 aromatic carbocycles. The van der Waals surface area contributed by atoms with Crippen molar-refractivity contribution >= 4 is 17.7 Å². The lowest BCUT2D eigenvalue weighted by atomic mass is 9.75. The summed E-state index contributed by atoms with van der Waals surface area (Å²) in [5.74, 6) is 2.76. The van der Waals surface area contributed by atoms with Gasteiger partial charge >= 0.3 is 0 Å². The summed E-state index contributed by atoms with van der Waals surface area (Å²) in [5, 5.41) is 8.45. The van der Waals surface area contributed by atoms with Crippen molar-refractivity contribution in [2.24, 2.45) is 11.8 Å². The van der Waals surface area contributed by atoms with Gasteiger partial charge in [0.15, 0.2) is 0 Å². The highest BCUT2D eigenvalue weighted by molar-refractivity contribution is 8.00. The maximum absolute atomic E-state index is 11.9.